The van der Waals surface area contributed by atoms with Crippen molar-refractivity contribution >= 4 is 5.97 Å². The van der Waals surface area contributed by atoms with Crippen molar-refractivity contribution in [2.75, 3.05) is 19.8 Å². The molecule has 3 fully saturated rings. The lowest BCUT2D eigenvalue weighted by Crippen LogP contribution is -2.58. The van der Waals surface area contributed by atoms with Crippen LogP contribution in [0, 0.1) is 34.5 Å². The maximum atomic E-state index is 14.9. The molecule has 0 amide bonds. The number of hydrogen-bond donors (Lipinski definition) is 0. The minimum absolute atomic E-state index is 0.233. The third-order valence-corrected chi connectivity index (χ3v) is 6.47. The number of carbonyl (C=O) groups excluding carboxylic acids is 1. The molecule has 3 aromatic carbocycles. The predicted octanol–water partition coefficient (Wildman–Crippen LogP) is 6.24. The highest BCUT2D eigenvalue weighted by atomic mass is 19.2. The van der Waals surface area contributed by atoms with Crippen LogP contribution in [0.15, 0.2) is 48.5 Å². The van der Waals surface area contributed by atoms with Crippen LogP contribution in [0.5, 0.6) is 5.75 Å². The van der Waals surface area contributed by atoms with E-state index in [-0.39, 0.29) is 27.9 Å². The SMILES string of the molecule is CCCC12COC(c3ccc(C(=O)Oc4ccc(-c5cc(F)c(F)c(F)c5)c(F)c4)c(F)c3)(OC1)OC2. The first-order valence-corrected chi connectivity index (χ1v) is 11.5. The molecule has 37 heavy (non-hydrogen) atoms. The Hall–Kier alpha value is -3.34. The summed E-state index contributed by atoms with van der Waals surface area (Å²) >= 11 is 0. The van der Waals surface area contributed by atoms with E-state index < -0.39 is 46.6 Å². The maximum absolute atomic E-state index is 14.9. The maximum Gasteiger partial charge on any atom is 0.346 e. The molecule has 3 aromatic rings. The second-order valence-electron chi connectivity index (χ2n) is 9.15. The first kappa shape index (κ1) is 25.3. The summed E-state index contributed by atoms with van der Waals surface area (Å²) in [7, 11) is 0. The fourth-order valence-corrected chi connectivity index (χ4v) is 4.53. The fourth-order valence-electron chi connectivity index (χ4n) is 4.53. The number of ether oxygens (including phenoxy) is 4. The summed E-state index contributed by atoms with van der Waals surface area (Å²) in [6, 6.07) is 7.96. The van der Waals surface area contributed by atoms with E-state index in [0.29, 0.717) is 32.0 Å². The van der Waals surface area contributed by atoms with Gasteiger partial charge in [-0.2, -0.15) is 0 Å². The molecule has 10 heteroatoms. The molecular formula is C27H21F5O5. The van der Waals surface area contributed by atoms with Crippen LogP contribution in [-0.4, -0.2) is 25.8 Å². The molecule has 3 aliphatic rings. The van der Waals surface area contributed by atoms with E-state index in [4.69, 9.17) is 18.9 Å². The normalized spacial score (nSPS) is 22.8. The molecule has 5 nitrogen and oxygen atoms in total. The van der Waals surface area contributed by atoms with E-state index in [0.717, 1.165) is 37.1 Å². The van der Waals surface area contributed by atoms with Crippen molar-refractivity contribution in [3.63, 3.8) is 0 Å². The lowest BCUT2D eigenvalue weighted by atomic mass is 9.83. The summed E-state index contributed by atoms with van der Waals surface area (Å²) < 4.78 is 92.2. The van der Waals surface area contributed by atoms with Gasteiger partial charge in [-0.1, -0.05) is 13.3 Å². The zero-order chi connectivity index (χ0) is 26.4. The van der Waals surface area contributed by atoms with Crippen molar-refractivity contribution in [3.8, 4) is 16.9 Å². The van der Waals surface area contributed by atoms with E-state index in [1.165, 1.54) is 12.1 Å². The minimum Gasteiger partial charge on any atom is -0.423 e. The van der Waals surface area contributed by atoms with Gasteiger partial charge in [-0.15, -0.1) is 0 Å². The molecule has 194 valence electrons. The van der Waals surface area contributed by atoms with Crippen LogP contribution in [0.3, 0.4) is 0 Å². The Morgan fingerprint density at radius 1 is 0.838 bits per heavy atom. The Bertz CT molecular complexity index is 1330. The Balaban J connectivity index is 1.31. The van der Waals surface area contributed by atoms with E-state index >= 15 is 0 Å². The highest BCUT2D eigenvalue weighted by Gasteiger charge is 2.53. The number of fused-ring (bicyclic) bond motifs is 3. The highest BCUT2D eigenvalue weighted by molar-refractivity contribution is 5.91. The molecule has 0 saturated carbocycles. The van der Waals surface area contributed by atoms with Crippen molar-refractivity contribution < 1.29 is 45.7 Å². The third kappa shape index (κ3) is 4.60. The Labute approximate surface area is 208 Å². The van der Waals surface area contributed by atoms with Gasteiger partial charge in [-0.25, -0.2) is 26.7 Å². The summed E-state index contributed by atoms with van der Waals surface area (Å²) in [6.45, 7) is 3.23. The smallest absolute Gasteiger partial charge is 0.346 e. The summed E-state index contributed by atoms with van der Waals surface area (Å²) in [5.41, 5.74) is -0.935. The lowest BCUT2D eigenvalue weighted by Gasteiger charge is -2.51. The van der Waals surface area contributed by atoms with Crippen molar-refractivity contribution in [2.45, 2.75) is 25.7 Å². The van der Waals surface area contributed by atoms with Crippen LogP contribution in [-0.2, 0) is 20.2 Å². The van der Waals surface area contributed by atoms with Crippen LogP contribution in [0.2, 0.25) is 0 Å². The summed E-state index contributed by atoms with van der Waals surface area (Å²) in [5.74, 6) is -9.51. The van der Waals surface area contributed by atoms with Crippen molar-refractivity contribution in [2.24, 2.45) is 5.41 Å². The Morgan fingerprint density at radius 2 is 1.49 bits per heavy atom. The van der Waals surface area contributed by atoms with Gasteiger partial charge >= 0.3 is 11.9 Å². The number of hydrogen-bond acceptors (Lipinski definition) is 5. The first-order chi connectivity index (χ1) is 17.7. The zero-order valence-electron chi connectivity index (χ0n) is 19.6. The van der Waals surface area contributed by atoms with Crippen molar-refractivity contribution in [3.05, 3.63) is 88.7 Å². The van der Waals surface area contributed by atoms with Gasteiger partial charge in [-0.05, 0) is 54.4 Å². The number of halogens is 5. The van der Waals surface area contributed by atoms with Gasteiger partial charge in [0.15, 0.2) is 17.5 Å². The molecule has 0 aromatic heterocycles. The average molecular weight is 520 g/mol. The zero-order valence-corrected chi connectivity index (χ0v) is 19.6. The molecule has 3 saturated heterocycles. The molecule has 6 rings (SSSR count). The van der Waals surface area contributed by atoms with Gasteiger partial charge in [0.2, 0.25) is 0 Å². The second kappa shape index (κ2) is 9.51. The largest absolute Gasteiger partial charge is 0.423 e. The van der Waals surface area contributed by atoms with E-state index in [1.807, 2.05) is 0 Å². The van der Waals surface area contributed by atoms with Crippen LogP contribution in [0.1, 0.15) is 35.7 Å². The van der Waals surface area contributed by atoms with E-state index in [1.54, 1.807) is 0 Å². The predicted molar refractivity (Wildman–Crippen MR) is 120 cm³/mol. The number of esters is 1. The van der Waals surface area contributed by atoms with Crippen LogP contribution in [0.25, 0.3) is 11.1 Å². The number of carbonyl (C=O) groups is 1. The topological polar surface area (TPSA) is 54.0 Å². The van der Waals surface area contributed by atoms with Gasteiger partial charge in [0.25, 0.3) is 0 Å². The highest BCUT2D eigenvalue weighted by Crippen LogP contribution is 2.46. The molecular weight excluding hydrogens is 499 g/mol. The molecule has 0 spiro atoms. The molecule has 3 heterocycles. The summed E-state index contributed by atoms with van der Waals surface area (Å²) in [5, 5.41) is 0. The van der Waals surface area contributed by atoms with Gasteiger partial charge < -0.3 is 18.9 Å². The third-order valence-electron chi connectivity index (χ3n) is 6.47. The Kier molecular flexibility index (Phi) is 6.51. The van der Waals surface area contributed by atoms with Crippen LogP contribution in [0.4, 0.5) is 22.0 Å². The molecule has 3 aliphatic heterocycles. The fraction of sp³-hybridized carbons (Fsp3) is 0.296. The summed E-state index contributed by atoms with van der Waals surface area (Å²) in [4.78, 5) is 12.6. The summed E-state index contributed by atoms with van der Waals surface area (Å²) in [6.07, 6.45) is 1.80. The van der Waals surface area contributed by atoms with E-state index in [9.17, 15) is 26.7 Å². The van der Waals surface area contributed by atoms with Crippen LogP contribution >= 0.6 is 0 Å². The van der Waals surface area contributed by atoms with Gasteiger partial charge in [0.05, 0.1) is 25.4 Å². The first-order valence-electron chi connectivity index (χ1n) is 11.5. The van der Waals surface area contributed by atoms with Gasteiger partial charge in [0, 0.05) is 22.6 Å². The van der Waals surface area contributed by atoms with E-state index in [2.05, 4.69) is 6.92 Å². The lowest BCUT2D eigenvalue weighted by molar-refractivity contribution is -0.480. The molecule has 0 aliphatic carbocycles. The standard InChI is InChI=1S/C27H21F5O5/c1-2-7-26-12-34-27(35-13-26,36-14-26)16-3-5-19(20(28)10-16)25(33)37-17-4-6-18(21(29)11-17)15-8-22(30)24(32)23(31)9-15/h3-6,8-11H,2,7,12-14H2,1H3. The number of benzene rings is 3. The number of rotatable bonds is 6. The minimum atomic E-state index is -1.68. The van der Waals surface area contributed by atoms with Crippen molar-refractivity contribution in [1.29, 1.82) is 0 Å². The van der Waals surface area contributed by atoms with Crippen LogP contribution < -0.4 is 4.74 Å². The Morgan fingerprint density at radius 3 is 2.05 bits per heavy atom. The van der Waals surface area contributed by atoms with Gasteiger partial charge in [0.1, 0.15) is 17.4 Å². The van der Waals surface area contributed by atoms with Gasteiger partial charge in [-0.3, -0.25) is 0 Å². The van der Waals surface area contributed by atoms with Crippen molar-refractivity contribution in [1.82, 2.24) is 0 Å². The molecule has 0 atom stereocenters. The molecule has 0 radical (unpaired) electrons. The quantitative estimate of drug-likeness (QED) is 0.167. The molecule has 0 unspecified atom stereocenters. The second-order valence-corrected chi connectivity index (χ2v) is 9.15. The molecule has 0 N–H and O–H groups in total. The average Bonchev–Trinajstić information content (AvgIpc) is 2.88. The monoisotopic (exact) mass is 520 g/mol. The molecule has 2 bridgehead atoms.